The van der Waals surface area contributed by atoms with E-state index in [0.717, 1.165) is 18.3 Å². The molecule has 0 radical (unpaired) electrons. The zero-order valence-corrected chi connectivity index (χ0v) is 11.0. The maximum absolute atomic E-state index is 12.2. The van der Waals surface area contributed by atoms with Crippen molar-refractivity contribution in [3.8, 4) is 0 Å². The number of carbonyl (C=O) groups is 2. The molecule has 1 aliphatic heterocycles. The van der Waals surface area contributed by atoms with Crippen molar-refractivity contribution in [1.82, 2.24) is 10.2 Å². The number of imide groups is 1. The van der Waals surface area contributed by atoms with Crippen LogP contribution in [0.2, 0.25) is 0 Å². The summed E-state index contributed by atoms with van der Waals surface area (Å²) in [7, 11) is 0. The minimum Gasteiger partial charge on any atom is -0.297 e. The first-order valence-electron chi connectivity index (χ1n) is 7.26. The van der Waals surface area contributed by atoms with Crippen LogP contribution in [0.5, 0.6) is 0 Å². The number of fused-ring (bicyclic) bond motifs is 2. The van der Waals surface area contributed by atoms with Gasteiger partial charge in [-0.15, -0.1) is 0 Å². The Morgan fingerprint density at radius 2 is 2.11 bits per heavy atom. The fraction of sp³-hybridized carbons (Fsp3) is 0.857. The Hall–Kier alpha value is -0.900. The van der Waals surface area contributed by atoms with E-state index in [9.17, 15) is 9.59 Å². The Morgan fingerprint density at radius 3 is 2.72 bits per heavy atom. The first kappa shape index (κ1) is 12.2. The lowest BCUT2D eigenvalue weighted by Crippen LogP contribution is -2.59. The van der Waals surface area contributed by atoms with Gasteiger partial charge in [-0.05, 0) is 43.4 Å². The van der Waals surface area contributed by atoms with Crippen LogP contribution in [0.4, 0.5) is 0 Å². The maximum atomic E-state index is 12.2. The Morgan fingerprint density at radius 1 is 1.28 bits per heavy atom. The minimum absolute atomic E-state index is 0.00322. The summed E-state index contributed by atoms with van der Waals surface area (Å²) in [4.78, 5) is 25.6. The van der Waals surface area contributed by atoms with Crippen molar-refractivity contribution < 1.29 is 9.59 Å². The second kappa shape index (κ2) is 4.65. The number of piperazine rings is 1. The van der Waals surface area contributed by atoms with E-state index in [1.807, 2.05) is 6.92 Å². The van der Waals surface area contributed by atoms with E-state index in [-0.39, 0.29) is 17.9 Å². The number of amides is 2. The molecule has 3 fully saturated rings. The van der Waals surface area contributed by atoms with Crippen molar-refractivity contribution in [2.24, 2.45) is 17.8 Å². The zero-order valence-electron chi connectivity index (χ0n) is 11.0. The van der Waals surface area contributed by atoms with Gasteiger partial charge in [-0.2, -0.15) is 0 Å². The standard InChI is InChI=1S/C14H22N2O2/c1-2-12-14(18)16(13(17)7-15-12)8-11-6-9-3-4-10(11)5-9/h9-12,15H,2-8H2,1H3. The number of hydrogen-bond donors (Lipinski definition) is 1. The van der Waals surface area contributed by atoms with Crippen LogP contribution in [0.3, 0.4) is 0 Å². The van der Waals surface area contributed by atoms with E-state index < -0.39 is 0 Å². The summed E-state index contributed by atoms with van der Waals surface area (Å²) in [5.74, 6) is 2.18. The fourth-order valence-corrected chi connectivity index (χ4v) is 4.05. The van der Waals surface area contributed by atoms with Crippen LogP contribution in [-0.4, -0.2) is 35.8 Å². The highest BCUT2D eigenvalue weighted by Gasteiger charge is 2.42. The van der Waals surface area contributed by atoms with Gasteiger partial charge in [-0.25, -0.2) is 0 Å². The average molecular weight is 250 g/mol. The smallest absolute Gasteiger partial charge is 0.246 e. The molecule has 18 heavy (non-hydrogen) atoms. The van der Waals surface area contributed by atoms with Gasteiger partial charge in [0.05, 0.1) is 12.6 Å². The van der Waals surface area contributed by atoms with Crippen molar-refractivity contribution in [2.75, 3.05) is 13.1 Å². The number of carbonyl (C=O) groups excluding carboxylic acids is 2. The van der Waals surface area contributed by atoms with Crippen LogP contribution in [0.25, 0.3) is 0 Å². The van der Waals surface area contributed by atoms with Crippen LogP contribution in [-0.2, 0) is 9.59 Å². The first-order chi connectivity index (χ1) is 8.69. The Kier molecular flexibility index (Phi) is 3.14. The summed E-state index contributed by atoms with van der Waals surface area (Å²) < 4.78 is 0. The molecule has 4 heteroatoms. The average Bonchev–Trinajstić information content (AvgIpc) is 2.96. The molecule has 2 bridgehead atoms. The van der Waals surface area contributed by atoms with Gasteiger partial charge in [0, 0.05) is 6.54 Å². The highest BCUT2D eigenvalue weighted by atomic mass is 16.2. The molecule has 1 N–H and O–H groups in total. The molecule has 0 aromatic carbocycles. The fourth-order valence-electron chi connectivity index (χ4n) is 4.05. The molecule has 0 aromatic heterocycles. The molecule has 3 aliphatic rings. The van der Waals surface area contributed by atoms with Gasteiger partial charge in [0.25, 0.3) is 0 Å². The summed E-state index contributed by atoms with van der Waals surface area (Å²) in [6, 6.07) is -0.152. The summed E-state index contributed by atoms with van der Waals surface area (Å²) in [5, 5.41) is 3.02. The predicted octanol–water partition coefficient (Wildman–Crippen LogP) is 1.16. The molecule has 4 unspecified atom stereocenters. The molecule has 2 amide bonds. The summed E-state index contributed by atoms with van der Waals surface area (Å²) in [6.07, 6.45) is 5.99. The van der Waals surface area contributed by atoms with Crippen molar-refractivity contribution >= 4 is 11.8 Å². The lowest BCUT2D eigenvalue weighted by atomic mass is 9.88. The van der Waals surface area contributed by atoms with Crippen LogP contribution in [0.15, 0.2) is 0 Å². The molecule has 0 spiro atoms. The quantitative estimate of drug-likeness (QED) is 0.765. The first-order valence-corrected chi connectivity index (χ1v) is 7.26. The summed E-state index contributed by atoms with van der Waals surface area (Å²) >= 11 is 0. The van der Waals surface area contributed by atoms with E-state index in [0.29, 0.717) is 19.0 Å². The van der Waals surface area contributed by atoms with Crippen LogP contribution in [0.1, 0.15) is 39.0 Å². The summed E-state index contributed by atoms with van der Waals surface area (Å²) in [5.41, 5.74) is 0. The van der Waals surface area contributed by atoms with Gasteiger partial charge in [0.1, 0.15) is 0 Å². The van der Waals surface area contributed by atoms with Gasteiger partial charge >= 0.3 is 0 Å². The van der Waals surface area contributed by atoms with E-state index in [2.05, 4.69) is 5.32 Å². The monoisotopic (exact) mass is 250 g/mol. The number of nitrogens with one attached hydrogen (secondary N) is 1. The molecule has 2 saturated carbocycles. The predicted molar refractivity (Wildman–Crippen MR) is 67.7 cm³/mol. The summed E-state index contributed by atoms with van der Waals surface area (Å²) in [6.45, 7) is 2.99. The molecule has 3 rings (SSSR count). The van der Waals surface area contributed by atoms with Gasteiger partial charge in [-0.3, -0.25) is 19.8 Å². The van der Waals surface area contributed by atoms with Crippen molar-refractivity contribution in [3.63, 3.8) is 0 Å². The van der Waals surface area contributed by atoms with Crippen molar-refractivity contribution in [2.45, 2.75) is 45.1 Å². The largest absolute Gasteiger partial charge is 0.297 e. The van der Waals surface area contributed by atoms with E-state index >= 15 is 0 Å². The molecule has 100 valence electrons. The topological polar surface area (TPSA) is 49.4 Å². The highest BCUT2D eigenvalue weighted by molar-refractivity contribution is 6.01. The molecule has 2 aliphatic carbocycles. The lowest BCUT2D eigenvalue weighted by Gasteiger charge is -2.34. The molecule has 4 nitrogen and oxygen atoms in total. The van der Waals surface area contributed by atoms with Crippen LogP contribution < -0.4 is 5.32 Å². The van der Waals surface area contributed by atoms with Crippen molar-refractivity contribution in [3.05, 3.63) is 0 Å². The van der Waals surface area contributed by atoms with Crippen LogP contribution in [0, 0.1) is 17.8 Å². The van der Waals surface area contributed by atoms with Gasteiger partial charge in [0.15, 0.2) is 0 Å². The molecule has 0 aromatic rings. The number of rotatable bonds is 3. The Bertz CT molecular complexity index is 369. The third kappa shape index (κ3) is 1.96. The molecule has 1 heterocycles. The minimum atomic E-state index is -0.152. The molecule has 4 atom stereocenters. The normalized spacial score (nSPS) is 39.7. The van der Waals surface area contributed by atoms with E-state index in [1.54, 1.807) is 0 Å². The third-order valence-corrected chi connectivity index (χ3v) is 5.07. The Labute approximate surface area is 108 Å². The maximum Gasteiger partial charge on any atom is 0.246 e. The Balaban J connectivity index is 1.67. The lowest BCUT2D eigenvalue weighted by molar-refractivity contribution is -0.150. The number of nitrogens with zero attached hydrogens (tertiary/aromatic N) is 1. The van der Waals surface area contributed by atoms with Crippen molar-refractivity contribution in [1.29, 1.82) is 0 Å². The van der Waals surface area contributed by atoms with Gasteiger partial charge < -0.3 is 0 Å². The van der Waals surface area contributed by atoms with Gasteiger partial charge in [0.2, 0.25) is 11.8 Å². The highest BCUT2D eigenvalue weighted by Crippen LogP contribution is 2.48. The number of hydrogen-bond acceptors (Lipinski definition) is 3. The van der Waals surface area contributed by atoms with Gasteiger partial charge in [-0.1, -0.05) is 13.3 Å². The second-order valence-corrected chi connectivity index (χ2v) is 6.12. The SMILES string of the molecule is CCC1NCC(=O)N(CC2CC3CCC2C3)C1=O. The van der Waals surface area contributed by atoms with Crippen LogP contribution >= 0.6 is 0 Å². The molecule has 1 saturated heterocycles. The third-order valence-electron chi connectivity index (χ3n) is 5.07. The van der Waals surface area contributed by atoms with E-state index in [1.165, 1.54) is 30.6 Å². The molecular formula is C14H22N2O2. The van der Waals surface area contributed by atoms with E-state index in [4.69, 9.17) is 0 Å². The molecular weight excluding hydrogens is 228 g/mol. The zero-order chi connectivity index (χ0) is 12.7. The second-order valence-electron chi connectivity index (χ2n) is 6.12.